The zero-order chi connectivity index (χ0) is 12.1. The molecule has 90 valence electrons. The van der Waals surface area contributed by atoms with Crippen molar-refractivity contribution < 1.29 is 0 Å². The summed E-state index contributed by atoms with van der Waals surface area (Å²) in [5.41, 5.74) is 8.35. The first-order valence-electron chi connectivity index (χ1n) is 5.66. The van der Waals surface area contributed by atoms with Crippen LogP contribution in [-0.2, 0) is 6.54 Å². The maximum atomic E-state index is 5.63. The van der Waals surface area contributed by atoms with Gasteiger partial charge in [-0.05, 0) is 49.7 Å². The lowest BCUT2D eigenvalue weighted by molar-refractivity contribution is 0.281. The normalized spacial score (nSPS) is 13.1. The Bertz CT molecular complexity index is 339. The third-order valence-corrected chi connectivity index (χ3v) is 3.27. The van der Waals surface area contributed by atoms with Crippen LogP contribution < -0.4 is 5.73 Å². The largest absolute Gasteiger partial charge is 0.330 e. The van der Waals surface area contributed by atoms with Gasteiger partial charge in [0.2, 0.25) is 0 Å². The number of benzene rings is 1. The number of nitrogens with two attached hydrogens (primary N) is 1. The highest BCUT2D eigenvalue weighted by atomic mass is 79.9. The van der Waals surface area contributed by atoms with Gasteiger partial charge in [0.1, 0.15) is 0 Å². The van der Waals surface area contributed by atoms with E-state index in [0.717, 1.165) is 24.1 Å². The van der Waals surface area contributed by atoms with Crippen LogP contribution in [0.1, 0.15) is 18.1 Å². The molecule has 1 atom stereocenters. The van der Waals surface area contributed by atoms with E-state index in [9.17, 15) is 0 Å². The van der Waals surface area contributed by atoms with Crippen LogP contribution in [-0.4, -0.2) is 25.0 Å². The molecule has 0 aliphatic carbocycles. The minimum Gasteiger partial charge on any atom is -0.330 e. The molecular formula is C13H21BrN2. The standard InChI is InChI=1S/C13H21BrN2/c1-10(7-15)8-16(3)9-12-6-13(14)5-4-11(12)2/h4-6,10H,7-9,15H2,1-3H3. The number of nitrogens with zero attached hydrogens (tertiary/aromatic N) is 1. The average Bonchev–Trinajstić information content (AvgIpc) is 2.23. The predicted molar refractivity (Wildman–Crippen MR) is 73.4 cm³/mol. The fourth-order valence-corrected chi connectivity index (χ4v) is 2.18. The van der Waals surface area contributed by atoms with Gasteiger partial charge in [0.15, 0.2) is 0 Å². The van der Waals surface area contributed by atoms with E-state index in [1.54, 1.807) is 0 Å². The summed E-state index contributed by atoms with van der Waals surface area (Å²) in [6.45, 7) is 7.12. The van der Waals surface area contributed by atoms with E-state index in [4.69, 9.17) is 5.73 Å². The number of halogens is 1. The third-order valence-electron chi connectivity index (χ3n) is 2.78. The van der Waals surface area contributed by atoms with Gasteiger partial charge in [-0.2, -0.15) is 0 Å². The Labute approximate surface area is 107 Å². The SMILES string of the molecule is Cc1ccc(Br)cc1CN(C)CC(C)CN. The van der Waals surface area contributed by atoms with Crippen molar-refractivity contribution in [3.05, 3.63) is 33.8 Å². The summed E-state index contributed by atoms with van der Waals surface area (Å²) in [6, 6.07) is 6.43. The van der Waals surface area contributed by atoms with Crippen molar-refractivity contribution in [2.24, 2.45) is 11.7 Å². The Morgan fingerprint density at radius 3 is 2.75 bits per heavy atom. The molecule has 16 heavy (non-hydrogen) atoms. The van der Waals surface area contributed by atoms with Crippen molar-refractivity contribution >= 4 is 15.9 Å². The first kappa shape index (κ1) is 13.7. The van der Waals surface area contributed by atoms with E-state index >= 15 is 0 Å². The van der Waals surface area contributed by atoms with Gasteiger partial charge in [0.25, 0.3) is 0 Å². The van der Waals surface area contributed by atoms with Crippen LogP contribution in [0.2, 0.25) is 0 Å². The summed E-state index contributed by atoms with van der Waals surface area (Å²) in [4.78, 5) is 2.33. The van der Waals surface area contributed by atoms with Crippen LogP contribution in [0.15, 0.2) is 22.7 Å². The average molecular weight is 285 g/mol. The van der Waals surface area contributed by atoms with Crippen molar-refractivity contribution in [2.75, 3.05) is 20.1 Å². The molecule has 1 unspecified atom stereocenters. The second-order valence-electron chi connectivity index (χ2n) is 4.61. The van der Waals surface area contributed by atoms with Gasteiger partial charge in [-0.15, -0.1) is 0 Å². The van der Waals surface area contributed by atoms with E-state index in [-0.39, 0.29) is 0 Å². The molecule has 2 nitrogen and oxygen atoms in total. The van der Waals surface area contributed by atoms with Gasteiger partial charge in [-0.1, -0.05) is 28.9 Å². The molecule has 0 bridgehead atoms. The molecule has 1 aromatic carbocycles. The molecule has 0 aliphatic heterocycles. The summed E-state index contributed by atoms with van der Waals surface area (Å²) in [5, 5.41) is 0. The molecule has 0 amide bonds. The molecule has 0 heterocycles. The third kappa shape index (κ3) is 4.24. The molecule has 0 saturated carbocycles. The van der Waals surface area contributed by atoms with Crippen LogP contribution in [0, 0.1) is 12.8 Å². The molecule has 0 aliphatic rings. The highest BCUT2D eigenvalue weighted by Crippen LogP contribution is 2.17. The van der Waals surface area contributed by atoms with Crippen molar-refractivity contribution in [2.45, 2.75) is 20.4 Å². The molecule has 0 saturated heterocycles. The fraction of sp³-hybridized carbons (Fsp3) is 0.538. The molecule has 0 aromatic heterocycles. The van der Waals surface area contributed by atoms with Gasteiger partial charge >= 0.3 is 0 Å². The first-order chi connectivity index (χ1) is 7.52. The van der Waals surface area contributed by atoms with Crippen LogP contribution in [0.4, 0.5) is 0 Å². The smallest absolute Gasteiger partial charge is 0.0233 e. The van der Waals surface area contributed by atoms with Crippen LogP contribution in [0.25, 0.3) is 0 Å². The summed E-state index contributed by atoms with van der Waals surface area (Å²) in [5.74, 6) is 0.553. The maximum absolute atomic E-state index is 5.63. The number of hydrogen-bond acceptors (Lipinski definition) is 2. The van der Waals surface area contributed by atoms with Crippen molar-refractivity contribution in [3.63, 3.8) is 0 Å². The van der Waals surface area contributed by atoms with Crippen molar-refractivity contribution in [1.29, 1.82) is 0 Å². The van der Waals surface area contributed by atoms with E-state index < -0.39 is 0 Å². The van der Waals surface area contributed by atoms with E-state index in [1.165, 1.54) is 11.1 Å². The molecule has 0 fully saturated rings. The summed E-state index contributed by atoms with van der Waals surface area (Å²) in [7, 11) is 2.15. The second-order valence-corrected chi connectivity index (χ2v) is 5.52. The van der Waals surface area contributed by atoms with Gasteiger partial charge in [-0.25, -0.2) is 0 Å². The molecule has 0 radical (unpaired) electrons. The number of rotatable bonds is 5. The number of hydrogen-bond donors (Lipinski definition) is 1. The highest BCUT2D eigenvalue weighted by Gasteiger charge is 2.07. The summed E-state index contributed by atoms with van der Waals surface area (Å²) >= 11 is 3.51. The minimum absolute atomic E-state index is 0.553. The Morgan fingerprint density at radius 1 is 1.44 bits per heavy atom. The van der Waals surface area contributed by atoms with Gasteiger partial charge in [-0.3, -0.25) is 0 Å². The summed E-state index contributed by atoms with van der Waals surface area (Å²) in [6.07, 6.45) is 0. The quantitative estimate of drug-likeness (QED) is 0.901. The van der Waals surface area contributed by atoms with Crippen molar-refractivity contribution in [1.82, 2.24) is 4.90 Å². The topological polar surface area (TPSA) is 29.3 Å². The Hall–Kier alpha value is -0.380. The lowest BCUT2D eigenvalue weighted by Gasteiger charge is -2.21. The minimum atomic E-state index is 0.553. The Kier molecular flexibility index (Phi) is 5.46. The van der Waals surface area contributed by atoms with Gasteiger partial charge in [0, 0.05) is 17.6 Å². The van der Waals surface area contributed by atoms with Crippen LogP contribution >= 0.6 is 15.9 Å². The Balaban J connectivity index is 2.61. The fourth-order valence-electron chi connectivity index (χ4n) is 1.77. The summed E-state index contributed by atoms with van der Waals surface area (Å²) < 4.78 is 1.15. The molecular weight excluding hydrogens is 264 g/mol. The predicted octanol–water partition coefficient (Wildman–Crippen LogP) is 2.78. The maximum Gasteiger partial charge on any atom is 0.0233 e. The van der Waals surface area contributed by atoms with E-state index in [1.807, 2.05) is 0 Å². The second kappa shape index (κ2) is 6.38. The van der Waals surface area contributed by atoms with E-state index in [0.29, 0.717) is 5.92 Å². The molecule has 3 heteroatoms. The zero-order valence-corrected chi connectivity index (χ0v) is 11.9. The van der Waals surface area contributed by atoms with E-state index in [2.05, 4.69) is 59.9 Å². The van der Waals surface area contributed by atoms with Crippen LogP contribution in [0.5, 0.6) is 0 Å². The molecule has 0 spiro atoms. The lowest BCUT2D eigenvalue weighted by Crippen LogP contribution is -2.28. The molecule has 2 N–H and O–H groups in total. The monoisotopic (exact) mass is 284 g/mol. The Morgan fingerprint density at radius 2 is 2.12 bits per heavy atom. The zero-order valence-electron chi connectivity index (χ0n) is 10.3. The molecule has 1 rings (SSSR count). The van der Waals surface area contributed by atoms with Gasteiger partial charge in [0.05, 0.1) is 0 Å². The van der Waals surface area contributed by atoms with Crippen molar-refractivity contribution in [3.8, 4) is 0 Å². The lowest BCUT2D eigenvalue weighted by atomic mass is 10.1. The van der Waals surface area contributed by atoms with Crippen LogP contribution in [0.3, 0.4) is 0 Å². The highest BCUT2D eigenvalue weighted by molar-refractivity contribution is 9.10. The molecule has 1 aromatic rings. The number of aryl methyl sites for hydroxylation is 1. The van der Waals surface area contributed by atoms with Gasteiger partial charge < -0.3 is 10.6 Å². The first-order valence-corrected chi connectivity index (χ1v) is 6.46.